The van der Waals surface area contributed by atoms with Gasteiger partial charge in [-0.15, -0.1) is 0 Å². The molecule has 0 bridgehead atoms. The van der Waals surface area contributed by atoms with Gasteiger partial charge in [-0.1, -0.05) is 24.3 Å². The summed E-state index contributed by atoms with van der Waals surface area (Å²) in [5.41, 5.74) is 8.36. The molecule has 1 aromatic heterocycles. The minimum Gasteiger partial charge on any atom is -0.462 e. The molecular formula is C29H30N2O3. The van der Waals surface area contributed by atoms with Crippen LogP contribution >= 0.6 is 0 Å². The first-order chi connectivity index (χ1) is 16.2. The van der Waals surface area contributed by atoms with Crippen molar-refractivity contribution < 1.29 is 14.3 Å². The van der Waals surface area contributed by atoms with Crippen LogP contribution in [0.3, 0.4) is 0 Å². The molecule has 1 amide bonds. The van der Waals surface area contributed by atoms with Gasteiger partial charge in [0, 0.05) is 28.5 Å². The van der Waals surface area contributed by atoms with Crippen LogP contribution in [0.15, 0.2) is 71.4 Å². The van der Waals surface area contributed by atoms with E-state index >= 15 is 0 Å². The fraction of sp³-hybridized carbons (Fsp3) is 0.241. The fourth-order valence-electron chi connectivity index (χ4n) is 4.74. The molecule has 0 spiro atoms. The Labute approximate surface area is 201 Å². The summed E-state index contributed by atoms with van der Waals surface area (Å²) in [6, 6.07) is 17.9. The van der Waals surface area contributed by atoms with Crippen LogP contribution in [-0.4, -0.2) is 23.1 Å². The molecule has 5 nitrogen and oxygen atoms in total. The first-order valence-electron chi connectivity index (χ1n) is 11.5. The van der Waals surface area contributed by atoms with E-state index in [-0.39, 0.29) is 12.5 Å². The van der Waals surface area contributed by atoms with Gasteiger partial charge >= 0.3 is 5.97 Å². The molecule has 0 atom stereocenters. The van der Waals surface area contributed by atoms with Gasteiger partial charge < -0.3 is 9.30 Å². The van der Waals surface area contributed by atoms with E-state index < -0.39 is 5.97 Å². The number of aromatic nitrogens is 1. The lowest BCUT2D eigenvalue weighted by molar-refractivity contribution is -0.138. The van der Waals surface area contributed by atoms with E-state index in [9.17, 15) is 9.59 Å². The van der Waals surface area contributed by atoms with E-state index in [1.807, 2.05) is 50.3 Å². The number of ether oxygens (including phenoxy) is 1. The van der Waals surface area contributed by atoms with Gasteiger partial charge in [-0.3, -0.25) is 9.69 Å². The van der Waals surface area contributed by atoms with Crippen molar-refractivity contribution >= 4 is 23.6 Å². The number of hydrogen-bond donors (Lipinski definition) is 0. The van der Waals surface area contributed by atoms with Crippen LogP contribution < -0.4 is 4.90 Å². The quantitative estimate of drug-likeness (QED) is 0.352. The molecule has 34 heavy (non-hydrogen) atoms. The monoisotopic (exact) mass is 454 g/mol. The topological polar surface area (TPSA) is 51.5 Å². The number of nitrogens with zero attached hydrogens (tertiary/aromatic N) is 2. The molecule has 2 heterocycles. The van der Waals surface area contributed by atoms with Crippen molar-refractivity contribution in [3.63, 3.8) is 0 Å². The highest BCUT2D eigenvalue weighted by molar-refractivity contribution is 6.23. The first kappa shape index (κ1) is 23.3. The van der Waals surface area contributed by atoms with Crippen molar-refractivity contribution in [1.82, 2.24) is 4.57 Å². The molecule has 1 aliphatic heterocycles. The maximum absolute atomic E-state index is 13.6. The fourth-order valence-corrected chi connectivity index (χ4v) is 4.74. The van der Waals surface area contributed by atoms with Gasteiger partial charge in [0.25, 0.3) is 5.91 Å². The van der Waals surface area contributed by atoms with Crippen molar-refractivity contribution in [2.24, 2.45) is 0 Å². The van der Waals surface area contributed by atoms with Gasteiger partial charge in [0.05, 0.1) is 17.8 Å². The molecule has 5 heteroatoms. The standard InChI is InChI=1S/C29H30N2O3/c1-7-34-29(33)27-22(6)31(24-11-9-8-10-12-24)28(32)26(27)17-23-16-20(4)30(21(23)5)25-14-18(2)13-19(3)15-25/h8-17H,7H2,1-6H3/b26-17-. The molecular weight excluding hydrogens is 424 g/mol. The predicted octanol–water partition coefficient (Wildman–Crippen LogP) is 5.98. The lowest BCUT2D eigenvalue weighted by Gasteiger charge is -2.17. The lowest BCUT2D eigenvalue weighted by atomic mass is 10.0. The van der Waals surface area contributed by atoms with Crippen molar-refractivity contribution in [2.45, 2.75) is 41.5 Å². The molecule has 0 N–H and O–H groups in total. The molecule has 0 fully saturated rings. The predicted molar refractivity (Wildman–Crippen MR) is 136 cm³/mol. The highest BCUT2D eigenvalue weighted by Gasteiger charge is 2.38. The number of allylic oxidation sites excluding steroid dienone is 1. The van der Waals surface area contributed by atoms with Crippen molar-refractivity contribution in [3.8, 4) is 5.69 Å². The Hall–Kier alpha value is -3.86. The smallest absolute Gasteiger partial charge is 0.340 e. The van der Waals surface area contributed by atoms with Crippen LogP contribution in [-0.2, 0) is 14.3 Å². The van der Waals surface area contributed by atoms with E-state index in [1.165, 1.54) is 11.1 Å². The Morgan fingerprint density at radius 2 is 1.56 bits per heavy atom. The van der Waals surface area contributed by atoms with E-state index in [2.05, 4.69) is 42.7 Å². The van der Waals surface area contributed by atoms with Crippen LogP contribution in [0.1, 0.15) is 41.9 Å². The Bertz CT molecular complexity index is 1320. The number of aryl methyl sites for hydroxylation is 3. The highest BCUT2D eigenvalue weighted by Crippen LogP contribution is 2.36. The van der Waals surface area contributed by atoms with Gasteiger partial charge in [0.15, 0.2) is 0 Å². The average molecular weight is 455 g/mol. The lowest BCUT2D eigenvalue weighted by Crippen LogP contribution is -2.24. The zero-order chi connectivity index (χ0) is 24.6. The third-order valence-corrected chi connectivity index (χ3v) is 6.13. The van der Waals surface area contributed by atoms with Gasteiger partial charge in [-0.25, -0.2) is 4.79 Å². The Kier molecular flexibility index (Phi) is 6.29. The Morgan fingerprint density at radius 3 is 2.18 bits per heavy atom. The third kappa shape index (κ3) is 4.10. The summed E-state index contributed by atoms with van der Waals surface area (Å²) in [6.07, 6.45) is 1.82. The summed E-state index contributed by atoms with van der Waals surface area (Å²) in [6.45, 7) is 12.0. The summed E-state index contributed by atoms with van der Waals surface area (Å²) in [4.78, 5) is 28.1. The minimum absolute atomic E-state index is 0.233. The Balaban J connectivity index is 1.86. The molecule has 174 valence electrons. The number of anilines is 1. The molecule has 0 saturated carbocycles. The normalized spacial score (nSPS) is 14.9. The zero-order valence-corrected chi connectivity index (χ0v) is 20.6. The molecule has 0 unspecified atom stereocenters. The van der Waals surface area contributed by atoms with Crippen LogP contribution in [0.25, 0.3) is 11.8 Å². The number of rotatable bonds is 5. The van der Waals surface area contributed by atoms with Crippen molar-refractivity contribution in [2.75, 3.05) is 11.5 Å². The molecule has 4 rings (SSSR count). The van der Waals surface area contributed by atoms with Crippen molar-refractivity contribution in [1.29, 1.82) is 0 Å². The molecule has 0 aliphatic carbocycles. The van der Waals surface area contributed by atoms with Crippen molar-refractivity contribution in [3.05, 3.63) is 99.5 Å². The number of carbonyl (C=O) groups excluding carboxylic acids is 2. The van der Waals surface area contributed by atoms with E-state index in [0.717, 1.165) is 28.3 Å². The molecule has 1 aliphatic rings. The van der Waals surface area contributed by atoms with Gasteiger partial charge in [0.2, 0.25) is 0 Å². The zero-order valence-electron chi connectivity index (χ0n) is 20.6. The minimum atomic E-state index is -0.485. The van der Waals surface area contributed by atoms with Crippen LogP contribution in [0.2, 0.25) is 0 Å². The summed E-state index contributed by atoms with van der Waals surface area (Å²) in [7, 11) is 0. The average Bonchev–Trinajstić information content (AvgIpc) is 3.19. The van der Waals surface area contributed by atoms with E-state index in [1.54, 1.807) is 18.7 Å². The summed E-state index contributed by atoms with van der Waals surface area (Å²) >= 11 is 0. The van der Waals surface area contributed by atoms with E-state index in [0.29, 0.717) is 16.8 Å². The second kappa shape index (κ2) is 9.18. The molecule has 0 radical (unpaired) electrons. The first-order valence-corrected chi connectivity index (χ1v) is 11.5. The van der Waals surface area contributed by atoms with Crippen LogP contribution in [0, 0.1) is 27.7 Å². The van der Waals surface area contributed by atoms with Gasteiger partial charge in [-0.05, 0) is 94.6 Å². The summed E-state index contributed by atoms with van der Waals surface area (Å²) in [5.74, 6) is -0.718. The van der Waals surface area contributed by atoms with Crippen LogP contribution in [0.4, 0.5) is 5.69 Å². The second-order valence-electron chi connectivity index (χ2n) is 8.72. The SMILES string of the molecule is CCOC(=O)C1=C(C)N(c2ccccc2)C(=O)/C1=C\c1cc(C)n(-c2cc(C)cc(C)c2)c1C. The summed E-state index contributed by atoms with van der Waals surface area (Å²) < 4.78 is 7.51. The largest absolute Gasteiger partial charge is 0.462 e. The number of benzene rings is 2. The van der Waals surface area contributed by atoms with E-state index in [4.69, 9.17) is 4.74 Å². The number of amides is 1. The second-order valence-corrected chi connectivity index (χ2v) is 8.72. The molecule has 0 saturated heterocycles. The molecule has 3 aromatic rings. The highest BCUT2D eigenvalue weighted by atomic mass is 16.5. The van der Waals surface area contributed by atoms with Crippen LogP contribution in [0.5, 0.6) is 0 Å². The number of hydrogen-bond acceptors (Lipinski definition) is 3. The maximum atomic E-state index is 13.6. The number of carbonyl (C=O) groups is 2. The Morgan fingerprint density at radius 1 is 0.912 bits per heavy atom. The summed E-state index contributed by atoms with van der Waals surface area (Å²) in [5, 5.41) is 0. The van der Waals surface area contributed by atoms with Gasteiger partial charge in [-0.2, -0.15) is 0 Å². The maximum Gasteiger partial charge on any atom is 0.340 e. The number of para-hydroxylation sites is 1. The third-order valence-electron chi connectivity index (χ3n) is 6.13. The van der Waals surface area contributed by atoms with Gasteiger partial charge in [0.1, 0.15) is 0 Å². The number of esters is 1. The molecule has 2 aromatic carbocycles.